The third-order valence-electron chi connectivity index (χ3n) is 2.14. The van der Waals surface area contributed by atoms with Crippen molar-refractivity contribution in [2.75, 3.05) is 40.3 Å². The van der Waals surface area contributed by atoms with Crippen LogP contribution < -0.4 is 0 Å². The fourth-order valence-electron chi connectivity index (χ4n) is 1.38. The van der Waals surface area contributed by atoms with Crippen LogP contribution in [0.4, 0.5) is 0 Å². The van der Waals surface area contributed by atoms with Crippen molar-refractivity contribution in [3.8, 4) is 0 Å². The zero-order valence-electron chi connectivity index (χ0n) is 9.85. The number of hydrogen-bond donors (Lipinski definition) is 2. The van der Waals surface area contributed by atoms with Gasteiger partial charge in [-0.1, -0.05) is 0 Å². The van der Waals surface area contributed by atoms with Crippen LogP contribution in [0.25, 0.3) is 0 Å². The Morgan fingerprint density at radius 2 is 1.19 bits per heavy atom. The van der Waals surface area contributed by atoms with Crippen LogP contribution in [-0.4, -0.2) is 72.2 Å². The van der Waals surface area contributed by atoms with E-state index < -0.39 is 11.9 Å². The second-order valence-electron chi connectivity index (χ2n) is 3.97. The highest BCUT2D eigenvalue weighted by Crippen LogP contribution is 1.95. The molecule has 0 saturated carbocycles. The Morgan fingerprint density at radius 1 is 0.875 bits per heavy atom. The zero-order valence-corrected chi connectivity index (χ0v) is 9.85. The predicted octanol–water partition coefficient (Wildman–Crippen LogP) is -0.201. The molecule has 0 aliphatic carbocycles. The van der Waals surface area contributed by atoms with Crippen molar-refractivity contribution in [3.63, 3.8) is 0 Å². The standard InChI is InChI=1S/C10H20N2O4/c1-11(7-9(13)14)5-3-4-6-12(2)8-10(15)16/h3-8H2,1-2H3,(H,13,14)(H,15,16). The summed E-state index contributed by atoms with van der Waals surface area (Å²) in [6.07, 6.45) is 1.74. The van der Waals surface area contributed by atoms with Crippen LogP contribution in [0.2, 0.25) is 0 Å². The van der Waals surface area contributed by atoms with Gasteiger partial charge in [0.1, 0.15) is 0 Å². The van der Waals surface area contributed by atoms with Crippen LogP contribution in [0.1, 0.15) is 12.8 Å². The molecule has 0 bridgehead atoms. The molecule has 0 amide bonds. The molecule has 6 heteroatoms. The van der Waals surface area contributed by atoms with Gasteiger partial charge in [0, 0.05) is 0 Å². The van der Waals surface area contributed by atoms with Crippen molar-refractivity contribution in [1.29, 1.82) is 0 Å². The Morgan fingerprint density at radius 3 is 1.44 bits per heavy atom. The highest BCUT2D eigenvalue weighted by Gasteiger charge is 2.05. The normalized spacial score (nSPS) is 11.0. The molecule has 16 heavy (non-hydrogen) atoms. The van der Waals surface area contributed by atoms with Crippen LogP contribution >= 0.6 is 0 Å². The molecule has 2 N–H and O–H groups in total. The molecule has 6 nitrogen and oxygen atoms in total. The Hall–Kier alpha value is -1.14. The van der Waals surface area contributed by atoms with E-state index in [9.17, 15) is 9.59 Å². The first kappa shape index (κ1) is 14.9. The van der Waals surface area contributed by atoms with Crippen molar-refractivity contribution >= 4 is 11.9 Å². The van der Waals surface area contributed by atoms with Crippen molar-refractivity contribution in [2.45, 2.75) is 12.8 Å². The summed E-state index contributed by atoms with van der Waals surface area (Å²) in [6.45, 7) is 1.52. The average molecular weight is 232 g/mol. The lowest BCUT2D eigenvalue weighted by molar-refractivity contribution is -0.139. The van der Waals surface area contributed by atoms with E-state index in [-0.39, 0.29) is 13.1 Å². The summed E-state index contributed by atoms with van der Waals surface area (Å²) >= 11 is 0. The maximum absolute atomic E-state index is 10.4. The fourth-order valence-corrected chi connectivity index (χ4v) is 1.38. The Labute approximate surface area is 95.5 Å². The Bertz CT molecular complexity index is 209. The van der Waals surface area contributed by atoms with E-state index >= 15 is 0 Å². The minimum atomic E-state index is -0.828. The zero-order chi connectivity index (χ0) is 12.6. The molecule has 0 aliphatic rings. The van der Waals surface area contributed by atoms with Gasteiger partial charge in [-0.15, -0.1) is 0 Å². The monoisotopic (exact) mass is 232 g/mol. The summed E-state index contributed by atoms with van der Waals surface area (Å²) in [6, 6.07) is 0. The summed E-state index contributed by atoms with van der Waals surface area (Å²) in [5, 5.41) is 17.0. The van der Waals surface area contributed by atoms with Gasteiger partial charge < -0.3 is 10.2 Å². The topological polar surface area (TPSA) is 81.1 Å². The van der Waals surface area contributed by atoms with E-state index in [2.05, 4.69) is 0 Å². The highest BCUT2D eigenvalue weighted by molar-refractivity contribution is 5.69. The summed E-state index contributed by atoms with van der Waals surface area (Å²) in [4.78, 5) is 24.2. The first-order valence-electron chi connectivity index (χ1n) is 5.22. The number of nitrogens with zero attached hydrogens (tertiary/aromatic N) is 2. The molecule has 0 saturated heterocycles. The van der Waals surface area contributed by atoms with Crippen molar-refractivity contribution < 1.29 is 19.8 Å². The first-order chi connectivity index (χ1) is 7.41. The largest absolute Gasteiger partial charge is 0.480 e. The lowest BCUT2D eigenvalue weighted by Gasteiger charge is -2.16. The number of carbonyl (C=O) groups is 2. The number of unbranched alkanes of at least 4 members (excludes halogenated alkanes) is 1. The molecule has 0 fully saturated rings. The van der Waals surface area contributed by atoms with E-state index in [1.165, 1.54) is 0 Å². The summed E-state index contributed by atoms with van der Waals surface area (Å²) in [7, 11) is 3.52. The van der Waals surface area contributed by atoms with Gasteiger partial charge in [-0.05, 0) is 40.0 Å². The predicted molar refractivity (Wildman–Crippen MR) is 59.5 cm³/mol. The molecular weight excluding hydrogens is 212 g/mol. The minimum Gasteiger partial charge on any atom is -0.480 e. The van der Waals surface area contributed by atoms with E-state index in [0.717, 1.165) is 12.8 Å². The van der Waals surface area contributed by atoms with Crippen molar-refractivity contribution in [3.05, 3.63) is 0 Å². The summed E-state index contributed by atoms with van der Waals surface area (Å²) < 4.78 is 0. The van der Waals surface area contributed by atoms with Gasteiger partial charge in [0.2, 0.25) is 0 Å². The van der Waals surface area contributed by atoms with Crippen LogP contribution in [0.5, 0.6) is 0 Å². The van der Waals surface area contributed by atoms with Gasteiger partial charge in [0.05, 0.1) is 13.1 Å². The van der Waals surface area contributed by atoms with Crippen LogP contribution in [0.3, 0.4) is 0 Å². The molecule has 0 unspecified atom stereocenters. The number of rotatable bonds is 9. The molecule has 0 aromatic heterocycles. The van der Waals surface area contributed by atoms with E-state index in [1.807, 2.05) is 0 Å². The summed E-state index contributed by atoms with van der Waals surface area (Å²) in [5.41, 5.74) is 0. The summed E-state index contributed by atoms with van der Waals surface area (Å²) in [5.74, 6) is -1.66. The Balaban J connectivity index is 3.45. The molecule has 0 radical (unpaired) electrons. The van der Waals surface area contributed by atoms with Gasteiger partial charge >= 0.3 is 11.9 Å². The number of hydrogen-bond acceptors (Lipinski definition) is 4. The van der Waals surface area contributed by atoms with Gasteiger partial charge in [0.15, 0.2) is 0 Å². The number of carboxylic acids is 2. The van der Waals surface area contributed by atoms with Crippen LogP contribution in [0.15, 0.2) is 0 Å². The van der Waals surface area contributed by atoms with Gasteiger partial charge in [-0.3, -0.25) is 19.4 Å². The molecule has 94 valence electrons. The van der Waals surface area contributed by atoms with Gasteiger partial charge in [0.25, 0.3) is 0 Å². The van der Waals surface area contributed by atoms with Crippen LogP contribution in [0, 0.1) is 0 Å². The van der Waals surface area contributed by atoms with E-state index in [4.69, 9.17) is 10.2 Å². The van der Waals surface area contributed by atoms with E-state index in [0.29, 0.717) is 13.1 Å². The molecular formula is C10H20N2O4. The maximum atomic E-state index is 10.4. The van der Waals surface area contributed by atoms with Gasteiger partial charge in [-0.2, -0.15) is 0 Å². The number of aliphatic carboxylic acids is 2. The maximum Gasteiger partial charge on any atom is 0.317 e. The molecule has 0 aliphatic heterocycles. The molecule has 0 rings (SSSR count). The smallest absolute Gasteiger partial charge is 0.317 e. The van der Waals surface area contributed by atoms with Crippen LogP contribution in [-0.2, 0) is 9.59 Å². The lowest BCUT2D eigenvalue weighted by Crippen LogP contribution is -2.29. The van der Waals surface area contributed by atoms with Crippen molar-refractivity contribution in [1.82, 2.24) is 9.80 Å². The lowest BCUT2D eigenvalue weighted by atomic mass is 10.3. The molecule has 0 spiro atoms. The fraction of sp³-hybridized carbons (Fsp3) is 0.800. The van der Waals surface area contributed by atoms with Crippen molar-refractivity contribution in [2.24, 2.45) is 0 Å². The molecule has 0 atom stereocenters. The Kier molecular flexibility index (Phi) is 7.49. The third kappa shape index (κ3) is 9.42. The minimum absolute atomic E-state index is 0.0466. The highest BCUT2D eigenvalue weighted by atomic mass is 16.4. The first-order valence-corrected chi connectivity index (χ1v) is 5.22. The van der Waals surface area contributed by atoms with Gasteiger partial charge in [-0.25, -0.2) is 0 Å². The number of carboxylic acid groups (broad SMARTS) is 2. The quantitative estimate of drug-likeness (QED) is 0.536. The molecule has 0 heterocycles. The second-order valence-corrected chi connectivity index (χ2v) is 3.97. The second kappa shape index (κ2) is 8.06. The van der Waals surface area contributed by atoms with E-state index in [1.54, 1.807) is 23.9 Å². The number of likely N-dealkylation sites (N-methyl/N-ethyl adjacent to an activating group) is 2. The molecule has 0 aromatic rings. The molecule has 0 aromatic carbocycles. The average Bonchev–Trinajstić information content (AvgIpc) is 2.10. The third-order valence-corrected chi connectivity index (χ3v) is 2.14. The SMILES string of the molecule is CN(CCCCN(C)CC(=O)O)CC(=O)O.